The lowest BCUT2D eigenvalue weighted by Crippen LogP contribution is -2.54. The molecule has 0 radical (unpaired) electrons. The molecule has 7 nitrogen and oxygen atoms in total. The Balaban J connectivity index is 1.72. The summed E-state index contributed by atoms with van der Waals surface area (Å²) in [7, 11) is -3.83. The third-order valence-electron chi connectivity index (χ3n) is 7.92. The maximum atomic E-state index is 14.3. The van der Waals surface area contributed by atoms with E-state index in [1.165, 1.54) is 4.90 Å². The Kier molecular flexibility index (Phi) is 10.6. The standard InChI is InChI=1S/C34H42ClN3O4S/c1-34(2,3)27-17-19-30(20-18-27)38(43(4,41)42)24-32(39)37(23-26-13-10-14-28(35)21-26)31(22-25-11-6-5-7-12-25)33(40)36-29-15-8-9-16-29/h5-7,10-14,17-21,29,31H,8-9,15-16,22-24H2,1-4H3,(H,36,40)/t31-/m0/s1. The van der Waals surface area contributed by atoms with Gasteiger partial charge in [-0.2, -0.15) is 0 Å². The quantitative estimate of drug-likeness (QED) is 0.280. The van der Waals surface area contributed by atoms with Crippen LogP contribution in [-0.4, -0.2) is 50.0 Å². The van der Waals surface area contributed by atoms with Crippen LogP contribution in [0.1, 0.15) is 63.1 Å². The van der Waals surface area contributed by atoms with E-state index in [-0.39, 0.29) is 30.3 Å². The number of rotatable bonds is 11. The summed E-state index contributed by atoms with van der Waals surface area (Å²) in [5.41, 5.74) is 2.96. The molecule has 0 spiro atoms. The van der Waals surface area contributed by atoms with Crippen molar-refractivity contribution in [2.45, 2.75) is 76.9 Å². The molecule has 4 rings (SSSR count). The molecule has 230 valence electrons. The second kappa shape index (κ2) is 14.0. The summed E-state index contributed by atoms with van der Waals surface area (Å²) in [6, 6.07) is 23.1. The topological polar surface area (TPSA) is 86.8 Å². The monoisotopic (exact) mass is 623 g/mol. The Morgan fingerprint density at radius 3 is 2.14 bits per heavy atom. The van der Waals surface area contributed by atoms with Crippen molar-refractivity contribution in [3.63, 3.8) is 0 Å². The molecule has 1 aliphatic rings. The lowest BCUT2D eigenvalue weighted by molar-refractivity contribution is -0.140. The van der Waals surface area contributed by atoms with Crippen molar-refractivity contribution in [1.82, 2.24) is 10.2 Å². The molecule has 1 saturated carbocycles. The highest BCUT2D eigenvalue weighted by Crippen LogP contribution is 2.27. The van der Waals surface area contributed by atoms with E-state index >= 15 is 0 Å². The molecule has 0 saturated heterocycles. The zero-order valence-corrected chi connectivity index (χ0v) is 27.0. The number of amides is 2. The summed E-state index contributed by atoms with van der Waals surface area (Å²) >= 11 is 6.29. The van der Waals surface area contributed by atoms with Gasteiger partial charge in [-0.1, -0.05) is 99.8 Å². The van der Waals surface area contributed by atoms with Crippen LogP contribution in [0, 0.1) is 0 Å². The number of benzene rings is 3. The fourth-order valence-corrected chi connectivity index (χ4v) is 6.56. The number of nitrogens with one attached hydrogen (secondary N) is 1. The molecule has 3 aromatic carbocycles. The van der Waals surface area contributed by atoms with Gasteiger partial charge in [-0.3, -0.25) is 13.9 Å². The Hall–Kier alpha value is -3.36. The zero-order chi connectivity index (χ0) is 31.2. The lowest BCUT2D eigenvalue weighted by Gasteiger charge is -2.34. The first-order valence-electron chi connectivity index (χ1n) is 14.8. The number of carbonyl (C=O) groups excluding carboxylic acids is 2. The fraction of sp³-hybridized carbons (Fsp3) is 0.412. The molecule has 3 aromatic rings. The number of sulfonamides is 1. The molecule has 0 heterocycles. The first-order chi connectivity index (χ1) is 20.3. The van der Waals surface area contributed by atoms with E-state index in [2.05, 4.69) is 26.1 Å². The first-order valence-corrected chi connectivity index (χ1v) is 17.0. The fourth-order valence-electron chi connectivity index (χ4n) is 5.49. The normalized spacial score (nSPS) is 14.7. The van der Waals surface area contributed by atoms with Gasteiger partial charge in [0.2, 0.25) is 21.8 Å². The van der Waals surface area contributed by atoms with Gasteiger partial charge in [-0.25, -0.2) is 8.42 Å². The van der Waals surface area contributed by atoms with Gasteiger partial charge in [-0.05, 0) is 59.2 Å². The molecule has 1 fully saturated rings. The Bertz CT molecular complexity index is 1500. The molecule has 0 bridgehead atoms. The summed E-state index contributed by atoms with van der Waals surface area (Å²) in [5, 5.41) is 3.69. The van der Waals surface area contributed by atoms with Gasteiger partial charge in [-0.15, -0.1) is 0 Å². The summed E-state index contributed by atoms with van der Waals surface area (Å²) in [5.74, 6) is -0.723. The van der Waals surface area contributed by atoms with E-state index in [1.807, 2.05) is 48.5 Å². The molecule has 43 heavy (non-hydrogen) atoms. The van der Waals surface area contributed by atoms with E-state index in [0.29, 0.717) is 10.7 Å². The van der Waals surface area contributed by atoms with E-state index in [0.717, 1.165) is 52.9 Å². The molecular formula is C34H42ClN3O4S. The van der Waals surface area contributed by atoms with Gasteiger partial charge < -0.3 is 10.2 Å². The van der Waals surface area contributed by atoms with E-state index in [9.17, 15) is 18.0 Å². The van der Waals surface area contributed by atoms with Crippen LogP contribution in [0.2, 0.25) is 5.02 Å². The Labute approximate surface area is 261 Å². The smallest absolute Gasteiger partial charge is 0.244 e. The second-order valence-corrected chi connectivity index (χ2v) is 14.8. The van der Waals surface area contributed by atoms with Crippen molar-refractivity contribution in [2.24, 2.45) is 0 Å². The van der Waals surface area contributed by atoms with Crippen molar-refractivity contribution in [2.75, 3.05) is 17.1 Å². The molecule has 0 aliphatic heterocycles. The molecule has 9 heteroatoms. The zero-order valence-electron chi connectivity index (χ0n) is 25.4. The Morgan fingerprint density at radius 1 is 0.930 bits per heavy atom. The molecule has 1 aliphatic carbocycles. The van der Waals surface area contributed by atoms with Crippen molar-refractivity contribution in [3.05, 3.63) is 101 Å². The van der Waals surface area contributed by atoms with Crippen molar-refractivity contribution in [3.8, 4) is 0 Å². The summed E-state index contributed by atoms with van der Waals surface area (Å²) < 4.78 is 27.2. The number of nitrogens with zero attached hydrogens (tertiary/aromatic N) is 2. The predicted octanol–water partition coefficient (Wildman–Crippen LogP) is 6.10. The number of anilines is 1. The van der Waals surface area contributed by atoms with E-state index in [4.69, 9.17) is 11.6 Å². The Morgan fingerprint density at radius 2 is 1.56 bits per heavy atom. The highest BCUT2D eigenvalue weighted by atomic mass is 35.5. The van der Waals surface area contributed by atoms with Crippen LogP contribution in [0.25, 0.3) is 0 Å². The van der Waals surface area contributed by atoms with Gasteiger partial charge in [0, 0.05) is 24.0 Å². The van der Waals surface area contributed by atoms with Gasteiger partial charge in [0.05, 0.1) is 11.9 Å². The minimum absolute atomic E-state index is 0.0581. The number of hydrogen-bond acceptors (Lipinski definition) is 4. The SMILES string of the molecule is CC(C)(C)c1ccc(N(CC(=O)N(Cc2cccc(Cl)c2)[C@@H](Cc2ccccc2)C(=O)NC2CCCC2)S(C)(=O)=O)cc1. The number of halogens is 1. The molecule has 0 unspecified atom stereocenters. The van der Waals surface area contributed by atoms with Crippen LogP contribution in [0.4, 0.5) is 5.69 Å². The minimum atomic E-state index is -3.83. The van der Waals surface area contributed by atoms with Crippen LogP contribution < -0.4 is 9.62 Å². The molecular weight excluding hydrogens is 582 g/mol. The van der Waals surface area contributed by atoms with Crippen LogP contribution >= 0.6 is 11.6 Å². The van der Waals surface area contributed by atoms with Crippen LogP contribution in [-0.2, 0) is 38.0 Å². The predicted molar refractivity (Wildman–Crippen MR) is 174 cm³/mol. The summed E-state index contributed by atoms with van der Waals surface area (Å²) in [6.45, 7) is 5.89. The maximum absolute atomic E-state index is 14.3. The van der Waals surface area contributed by atoms with Crippen molar-refractivity contribution in [1.29, 1.82) is 0 Å². The van der Waals surface area contributed by atoms with Gasteiger partial charge in [0.25, 0.3) is 0 Å². The summed E-state index contributed by atoms with van der Waals surface area (Å²) in [4.78, 5) is 29.7. The third kappa shape index (κ3) is 9.07. The third-order valence-corrected chi connectivity index (χ3v) is 9.29. The number of hydrogen-bond donors (Lipinski definition) is 1. The largest absolute Gasteiger partial charge is 0.352 e. The summed E-state index contributed by atoms with van der Waals surface area (Å²) in [6.07, 6.45) is 5.28. The van der Waals surface area contributed by atoms with Crippen molar-refractivity contribution >= 4 is 39.1 Å². The van der Waals surface area contributed by atoms with Gasteiger partial charge in [0.15, 0.2) is 0 Å². The first kappa shape index (κ1) is 32.6. The average Bonchev–Trinajstić information content (AvgIpc) is 3.46. The van der Waals surface area contributed by atoms with E-state index in [1.54, 1.807) is 30.3 Å². The molecule has 1 N–H and O–H groups in total. The number of carbonyl (C=O) groups is 2. The molecule has 2 amide bonds. The van der Waals surface area contributed by atoms with E-state index < -0.39 is 28.5 Å². The highest BCUT2D eigenvalue weighted by Gasteiger charge is 2.34. The lowest BCUT2D eigenvalue weighted by atomic mass is 9.87. The maximum Gasteiger partial charge on any atom is 0.244 e. The van der Waals surface area contributed by atoms with Crippen LogP contribution in [0.15, 0.2) is 78.9 Å². The molecule has 0 aromatic heterocycles. The minimum Gasteiger partial charge on any atom is -0.352 e. The molecule has 1 atom stereocenters. The van der Waals surface area contributed by atoms with Crippen LogP contribution in [0.5, 0.6) is 0 Å². The second-order valence-electron chi connectivity index (χ2n) is 12.4. The highest BCUT2D eigenvalue weighted by molar-refractivity contribution is 7.92. The van der Waals surface area contributed by atoms with Crippen molar-refractivity contribution < 1.29 is 18.0 Å². The van der Waals surface area contributed by atoms with Gasteiger partial charge in [0.1, 0.15) is 12.6 Å². The van der Waals surface area contributed by atoms with Crippen LogP contribution in [0.3, 0.4) is 0 Å². The van der Waals surface area contributed by atoms with Gasteiger partial charge >= 0.3 is 0 Å². The average molecular weight is 624 g/mol.